The first kappa shape index (κ1) is 17.7. The van der Waals surface area contributed by atoms with E-state index in [1.807, 2.05) is 4.90 Å². The van der Waals surface area contributed by atoms with Gasteiger partial charge in [0.25, 0.3) is 11.3 Å². The third kappa shape index (κ3) is 3.60. The molecule has 0 aliphatic carbocycles. The van der Waals surface area contributed by atoms with Gasteiger partial charge in [0.1, 0.15) is 24.0 Å². The van der Waals surface area contributed by atoms with Crippen LogP contribution in [0.2, 0.25) is 5.02 Å². The summed E-state index contributed by atoms with van der Waals surface area (Å²) in [5.41, 5.74) is 0.919. The molecule has 2 aromatic heterocycles. The fourth-order valence-electron chi connectivity index (χ4n) is 3.36. The highest BCUT2D eigenvalue weighted by molar-refractivity contribution is 6.30. The zero-order valence-corrected chi connectivity index (χ0v) is 15.5. The van der Waals surface area contributed by atoms with E-state index in [0.717, 1.165) is 38.8 Å². The first-order valence-corrected chi connectivity index (χ1v) is 9.40. The Labute approximate surface area is 160 Å². The van der Waals surface area contributed by atoms with Gasteiger partial charge in [0.2, 0.25) is 5.91 Å². The van der Waals surface area contributed by atoms with E-state index in [2.05, 4.69) is 10.1 Å². The minimum atomic E-state index is -0.339. The van der Waals surface area contributed by atoms with Gasteiger partial charge in [-0.15, -0.1) is 0 Å². The van der Waals surface area contributed by atoms with Crippen LogP contribution in [-0.2, 0) is 11.3 Å². The lowest BCUT2D eigenvalue weighted by Gasteiger charge is -2.20. The second kappa shape index (κ2) is 7.52. The molecule has 1 fully saturated rings. The molecule has 0 atom stereocenters. The van der Waals surface area contributed by atoms with Gasteiger partial charge in [-0.25, -0.2) is 4.98 Å². The molecule has 3 aromatic rings. The lowest BCUT2D eigenvalue weighted by atomic mass is 10.1. The number of benzene rings is 1. The van der Waals surface area contributed by atoms with E-state index in [9.17, 15) is 9.59 Å². The van der Waals surface area contributed by atoms with Crippen molar-refractivity contribution in [1.29, 1.82) is 0 Å². The summed E-state index contributed by atoms with van der Waals surface area (Å²) >= 11 is 5.93. The van der Waals surface area contributed by atoms with Crippen LogP contribution in [0.25, 0.3) is 22.4 Å². The predicted octanol–water partition coefficient (Wildman–Crippen LogP) is 3.11. The molecule has 7 nitrogen and oxygen atoms in total. The van der Waals surface area contributed by atoms with Crippen molar-refractivity contribution in [2.45, 2.75) is 32.2 Å². The lowest BCUT2D eigenvalue weighted by Crippen LogP contribution is -2.37. The van der Waals surface area contributed by atoms with E-state index in [1.54, 1.807) is 24.3 Å². The fourth-order valence-corrected chi connectivity index (χ4v) is 3.49. The third-order valence-electron chi connectivity index (χ3n) is 4.85. The molecule has 4 rings (SSSR count). The summed E-state index contributed by atoms with van der Waals surface area (Å²) in [6, 6.07) is 6.96. The van der Waals surface area contributed by atoms with Gasteiger partial charge in [-0.1, -0.05) is 41.7 Å². The van der Waals surface area contributed by atoms with E-state index in [4.69, 9.17) is 16.1 Å². The first-order chi connectivity index (χ1) is 13.1. The van der Waals surface area contributed by atoms with Crippen LogP contribution in [0.15, 0.2) is 39.9 Å². The smallest absolute Gasteiger partial charge is 0.267 e. The molecule has 0 bridgehead atoms. The average Bonchev–Trinajstić information content (AvgIpc) is 2.91. The Hall–Kier alpha value is -2.67. The van der Waals surface area contributed by atoms with Gasteiger partial charge in [-0.2, -0.15) is 0 Å². The number of halogens is 1. The molecule has 1 aliphatic heterocycles. The van der Waals surface area contributed by atoms with Crippen molar-refractivity contribution >= 4 is 28.6 Å². The minimum absolute atomic E-state index is 0.0347. The number of hydrogen-bond donors (Lipinski definition) is 0. The lowest BCUT2D eigenvalue weighted by molar-refractivity contribution is -0.131. The summed E-state index contributed by atoms with van der Waals surface area (Å²) in [7, 11) is 0. The van der Waals surface area contributed by atoms with Crippen LogP contribution in [-0.4, -0.2) is 38.6 Å². The Morgan fingerprint density at radius 3 is 2.52 bits per heavy atom. The number of rotatable bonds is 3. The molecule has 0 radical (unpaired) electrons. The molecule has 0 spiro atoms. The molecular weight excluding hydrogens is 368 g/mol. The van der Waals surface area contributed by atoms with Crippen LogP contribution in [0.4, 0.5) is 0 Å². The van der Waals surface area contributed by atoms with Crippen molar-refractivity contribution in [2.75, 3.05) is 13.1 Å². The topological polar surface area (TPSA) is 81.2 Å². The Bertz CT molecular complexity index is 1020. The van der Waals surface area contributed by atoms with Crippen LogP contribution >= 0.6 is 11.6 Å². The molecule has 0 unspecified atom stereocenters. The summed E-state index contributed by atoms with van der Waals surface area (Å²) in [5, 5.41) is 4.84. The second-order valence-corrected chi connectivity index (χ2v) is 7.13. The maximum atomic E-state index is 13.0. The van der Waals surface area contributed by atoms with Crippen molar-refractivity contribution in [1.82, 2.24) is 19.6 Å². The zero-order chi connectivity index (χ0) is 18.8. The molecule has 3 heterocycles. The Morgan fingerprint density at radius 2 is 1.81 bits per heavy atom. The molecule has 1 saturated heterocycles. The van der Waals surface area contributed by atoms with Gasteiger partial charge in [-0.05, 0) is 25.0 Å². The average molecular weight is 387 g/mol. The van der Waals surface area contributed by atoms with Gasteiger partial charge < -0.3 is 9.42 Å². The highest BCUT2D eigenvalue weighted by Crippen LogP contribution is 2.25. The third-order valence-corrected chi connectivity index (χ3v) is 5.10. The van der Waals surface area contributed by atoms with E-state index in [1.165, 1.54) is 10.9 Å². The fraction of sp³-hybridized carbons (Fsp3) is 0.368. The van der Waals surface area contributed by atoms with E-state index < -0.39 is 0 Å². The summed E-state index contributed by atoms with van der Waals surface area (Å²) in [4.78, 5) is 31.6. The van der Waals surface area contributed by atoms with Gasteiger partial charge in [0.15, 0.2) is 0 Å². The number of amides is 1. The molecule has 27 heavy (non-hydrogen) atoms. The van der Waals surface area contributed by atoms with E-state index in [-0.39, 0.29) is 29.1 Å². The summed E-state index contributed by atoms with van der Waals surface area (Å²) in [6.45, 7) is 1.45. The standard InChI is InChI=1S/C19H19ClN4O3/c20-14-7-5-13(6-8-14)17-16-18(27-22-17)21-12-24(19(16)26)11-15(25)23-9-3-1-2-4-10-23/h5-8,12H,1-4,9-11H2. The maximum Gasteiger partial charge on any atom is 0.267 e. The van der Waals surface area contributed by atoms with Crippen LogP contribution in [0, 0.1) is 0 Å². The SMILES string of the molecule is O=C(Cn1cnc2onc(-c3ccc(Cl)cc3)c2c1=O)N1CCCCCC1. The molecule has 1 aliphatic rings. The van der Waals surface area contributed by atoms with E-state index in [0.29, 0.717) is 16.3 Å². The van der Waals surface area contributed by atoms with Crippen molar-refractivity contribution in [2.24, 2.45) is 0 Å². The number of fused-ring (bicyclic) bond motifs is 1. The van der Waals surface area contributed by atoms with Gasteiger partial charge in [0, 0.05) is 23.7 Å². The molecule has 1 aromatic carbocycles. The molecule has 0 N–H and O–H groups in total. The van der Waals surface area contributed by atoms with Gasteiger partial charge in [0.05, 0.1) is 0 Å². The monoisotopic (exact) mass is 386 g/mol. The molecular formula is C19H19ClN4O3. The molecule has 8 heteroatoms. The Kier molecular flexibility index (Phi) is 4.94. The normalized spacial score (nSPS) is 15.1. The zero-order valence-electron chi connectivity index (χ0n) is 14.7. The molecule has 140 valence electrons. The van der Waals surface area contributed by atoms with Crippen molar-refractivity contribution in [3.05, 3.63) is 46.0 Å². The van der Waals surface area contributed by atoms with Crippen molar-refractivity contribution < 1.29 is 9.32 Å². The summed E-state index contributed by atoms with van der Waals surface area (Å²) in [5.74, 6) is -0.0651. The largest absolute Gasteiger partial charge is 0.341 e. The maximum absolute atomic E-state index is 13.0. The van der Waals surface area contributed by atoms with Crippen LogP contribution < -0.4 is 5.56 Å². The van der Waals surface area contributed by atoms with E-state index >= 15 is 0 Å². The first-order valence-electron chi connectivity index (χ1n) is 9.02. The molecule has 1 amide bonds. The van der Waals surface area contributed by atoms with Crippen molar-refractivity contribution in [3.63, 3.8) is 0 Å². The molecule has 0 saturated carbocycles. The van der Waals surface area contributed by atoms with Crippen molar-refractivity contribution in [3.8, 4) is 11.3 Å². The number of carbonyl (C=O) groups is 1. The second-order valence-electron chi connectivity index (χ2n) is 6.69. The summed E-state index contributed by atoms with van der Waals surface area (Å²) in [6.07, 6.45) is 5.64. The van der Waals surface area contributed by atoms with Crippen LogP contribution in [0.3, 0.4) is 0 Å². The Morgan fingerprint density at radius 1 is 1.11 bits per heavy atom. The highest BCUT2D eigenvalue weighted by Gasteiger charge is 2.20. The number of hydrogen-bond acceptors (Lipinski definition) is 5. The highest BCUT2D eigenvalue weighted by atomic mass is 35.5. The Balaban J connectivity index is 1.67. The quantitative estimate of drug-likeness (QED) is 0.690. The minimum Gasteiger partial charge on any atom is -0.341 e. The number of likely N-dealkylation sites (tertiary alicyclic amines) is 1. The van der Waals surface area contributed by atoms with Gasteiger partial charge >= 0.3 is 0 Å². The van der Waals surface area contributed by atoms with Crippen LogP contribution in [0.5, 0.6) is 0 Å². The predicted molar refractivity (Wildman–Crippen MR) is 102 cm³/mol. The number of nitrogens with zero attached hydrogens (tertiary/aromatic N) is 4. The number of carbonyl (C=O) groups excluding carboxylic acids is 1. The number of aromatic nitrogens is 3. The van der Waals surface area contributed by atoms with Gasteiger partial charge in [-0.3, -0.25) is 14.2 Å². The van der Waals surface area contributed by atoms with Crippen LogP contribution in [0.1, 0.15) is 25.7 Å². The summed E-state index contributed by atoms with van der Waals surface area (Å²) < 4.78 is 6.53.